The van der Waals surface area contributed by atoms with Crippen molar-refractivity contribution in [2.45, 2.75) is 19.1 Å². The molecule has 0 unspecified atom stereocenters. The first-order valence-corrected chi connectivity index (χ1v) is 9.82. The summed E-state index contributed by atoms with van der Waals surface area (Å²) in [6.07, 6.45) is 3.35. The SMILES string of the molecule is Cc1ccccc1[C@@H]1Oc2ccccc2C2=C1[C@@H](c1cccnc1)n1nnnc1N2. The molecule has 4 heterocycles. The molecular weight excluding hydrogens is 376 g/mol. The van der Waals surface area contributed by atoms with E-state index in [0.717, 1.165) is 33.7 Å². The number of para-hydroxylation sites is 1. The zero-order valence-electron chi connectivity index (χ0n) is 16.2. The van der Waals surface area contributed by atoms with Crippen molar-refractivity contribution < 1.29 is 4.74 Å². The number of rotatable bonds is 2. The van der Waals surface area contributed by atoms with E-state index >= 15 is 0 Å². The molecule has 2 aromatic heterocycles. The van der Waals surface area contributed by atoms with Gasteiger partial charge in [0.05, 0.1) is 5.70 Å². The van der Waals surface area contributed by atoms with Crippen LogP contribution >= 0.6 is 0 Å². The Kier molecular flexibility index (Phi) is 3.67. The molecule has 0 saturated carbocycles. The van der Waals surface area contributed by atoms with Crippen molar-refractivity contribution in [2.24, 2.45) is 0 Å². The van der Waals surface area contributed by atoms with Crippen molar-refractivity contribution in [3.05, 3.63) is 101 Å². The molecule has 0 aliphatic carbocycles. The Bertz CT molecular complexity index is 1280. The molecule has 6 rings (SSSR count). The van der Waals surface area contributed by atoms with Crippen molar-refractivity contribution in [3.8, 4) is 5.75 Å². The maximum atomic E-state index is 6.61. The molecule has 0 spiro atoms. The summed E-state index contributed by atoms with van der Waals surface area (Å²) in [6.45, 7) is 2.11. The summed E-state index contributed by atoms with van der Waals surface area (Å²) in [5.74, 6) is 1.44. The number of hydrogen-bond acceptors (Lipinski definition) is 6. The van der Waals surface area contributed by atoms with Gasteiger partial charge in [-0.15, -0.1) is 0 Å². The van der Waals surface area contributed by atoms with E-state index < -0.39 is 0 Å². The van der Waals surface area contributed by atoms with E-state index in [1.54, 1.807) is 10.9 Å². The Labute approximate surface area is 173 Å². The highest BCUT2D eigenvalue weighted by molar-refractivity contribution is 5.85. The van der Waals surface area contributed by atoms with Gasteiger partial charge in [-0.2, -0.15) is 4.68 Å². The summed E-state index contributed by atoms with van der Waals surface area (Å²) in [6, 6.07) is 20.1. The van der Waals surface area contributed by atoms with Gasteiger partial charge in [-0.05, 0) is 52.2 Å². The van der Waals surface area contributed by atoms with Crippen LogP contribution in [0.1, 0.15) is 34.4 Å². The highest BCUT2D eigenvalue weighted by atomic mass is 16.5. The average Bonchev–Trinajstić information content (AvgIpc) is 3.26. The maximum Gasteiger partial charge on any atom is 0.248 e. The third kappa shape index (κ3) is 2.45. The molecule has 2 atom stereocenters. The monoisotopic (exact) mass is 394 g/mol. The first-order chi connectivity index (χ1) is 14.8. The molecule has 2 aliphatic rings. The molecule has 2 aromatic carbocycles. The average molecular weight is 394 g/mol. The van der Waals surface area contributed by atoms with Crippen LogP contribution in [0.4, 0.5) is 5.95 Å². The van der Waals surface area contributed by atoms with Gasteiger partial charge in [-0.1, -0.05) is 47.6 Å². The lowest BCUT2D eigenvalue weighted by molar-refractivity contribution is 0.222. The van der Waals surface area contributed by atoms with E-state index in [9.17, 15) is 0 Å². The second-order valence-corrected chi connectivity index (χ2v) is 7.44. The van der Waals surface area contributed by atoms with Crippen LogP contribution in [0, 0.1) is 6.92 Å². The van der Waals surface area contributed by atoms with E-state index in [0.29, 0.717) is 5.95 Å². The molecule has 7 nitrogen and oxygen atoms in total. The standard InChI is InChI=1S/C23H18N6O/c1-14-7-2-3-9-16(14)22-19-20(17-10-4-5-11-18(17)30-22)25-23-26-27-28-29(23)21(19)15-8-6-12-24-13-15/h2-13,21-22H,1H3,(H,25,26,28)/t21-,22+/m1/s1. The number of ether oxygens (including phenoxy) is 1. The fourth-order valence-corrected chi connectivity index (χ4v) is 4.34. The fraction of sp³-hybridized carbons (Fsp3) is 0.130. The van der Waals surface area contributed by atoms with Gasteiger partial charge < -0.3 is 10.1 Å². The second-order valence-electron chi connectivity index (χ2n) is 7.44. The topological polar surface area (TPSA) is 77.8 Å². The first kappa shape index (κ1) is 16.9. The lowest BCUT2D eigenvalue weighted by Gasteiger charge is -2.38. The largest absolute Gasteiger partial charge is 0.480 e. The summed E-state index contributed by atoms with van der Waals surface area (Å²) < 4.78 is 8.42. The van der Waals surface area contributed by atoms with Crippen molar-refractivity contribution in [1.29, 1.82) is 0 Å². The number of aromatic nitrogens is 5. The van der Waals surface area contributed by atoms with Gasteiger partial charge in [0.15, 0.2) is 0 Å². The zero-order chi connectivity index (χ0) is 20.1. The second kappa shape index (κ2) is 6.52. The van der Waals surface area contributed by atoms with Crippen LogP contribution in [-0.2, 0) is 0 Å². The van der Waals surface area contributed by atoms with Crippen LogP contribution in [0.3, 0.4) is 0 Å². The van der Waals surface area contributed by atoms with E-state index in [4.69, 9.17) is 4.74 Å². The van der Waals surface area contributed by atoms with E-state index in [2.05, 4.69) is 57.0 Å². The molecule has 0 fully saturated rings. The van der Waals surface area contributed by atoms with E-state index in [1.165, 1.54) is 5.56 Å². The van der Waals surface area contributed by atoms with Crippen LogP contribution < -0.4 is 10.1 Å². The number of aryl methyl sites for hydroxylation is 1. The summed E-state index contributed by atoms with van der Waals surface area (Å²) in [7, 11) is 0. The fourth-order valence-electron chi connectivity index (χ4n) is 4.34. The molecular formula is C23H18N6O. The first-order valence-electron chi connectivity index (χ1n) is 9.82. The van der Waals surface area contributed by atoms with Crippen LogP contribution in [0.15, 0.2) is 78.6 Å². The van der Waals surface area contributed by atoms with Crippen molar-refractivity contribution in [2.75, 3.05) is 5.32 Å². The summed E-state index contributed by atoms with van der Waals surface area (Å²) in [5, 5.41) is 15.9. The van der Waals surface area contributed by atoms with E-state index in [-0.39, 0.29) is 12.1 Å². The number of anilines is 1. The number of nitrogens with one attached hydrogen (secondary N) is 1. The molecule has 0 radical (unpaired) electrons. The molecule has 1 N–H and O–H groups in total. The molecule has 4 aromatic rings. The molecule has 0 bridgehead atoms. The Morgan fingerprint density at radius 3 is 2.73 bits per heavy atom. The number of benzene rings is 2. The molecule has 146 valence electrons. The predicted octanol–water partition coefficient (Wildman–Crippen LogP) is 3.94. The number of pyridine rings is 1. The Hall–Kier alpha value is -4.00. The Balaban J connectivity index is 1.66. The third-order valence-electron chi connectivity index (χ3n) is 5.71. The van der Waals surface area contributed by atoms with Crippen LogP contribution in [-0.4, -0.2) is 25.2 Å². The van der Waals surface area contributed by atoms with Gasteiger partial charge in [0.1, 0.15) is 17.9 Å². The van der Waals surface area contributed by atoms with Crippen LogP contribution in [0.25, 0.3) is 5.70 Å². The van der Waals surface area contributed by atoms with Gasteiger partial charge in [-0.25, -0.2) is 0 Å². The number of nitrogens with zero attached hydrogens (tertiary/aromatic N) is 5. The molecule has 0 amide bonds. The molecule has 2 aliphatic heterocycles. The van der Waals surface area contributed by atoms with Crippen LogP contribution in [0.2, 0.25) is 0 Å². The summed E-state index contributed by atoms with van der Waals surface area (Å²) in [4.78, 5) is 4.35. The minimum Gasteiger partial charge on any atom is -0.480 e. The Morgan fingerprint density at radius 1 is 1.00 bits per heavy atom. The third-order valence-corrected chi connectivity index (χ3v) is 5.71. The predicted molar refractivity (Wildman–Crippen MR) is 112 cm³/mol. The van der Waals surface area contributed by atoms with Crippen molar-refractivity contribution >= 4 is 11.6 Å². The summed E-state index contributed by atoms with van der Waals surface area (Å²) >= 11 is 0. The van der Waals surface area contributed by atoms with Gasteiger partial charge in [-0.3, -0.25) is 4.98 Å². The smallest absolute Gasteiger partial charge is 0.248 e. The maximum absolute atomic E-state index is 6.61. The highest BCUT2D eigenvalue weighted by Crippen LogP contribution is 2.50. The highest BCUT2D eigenvalue weighted by Gasteiger charge is 2.41. The molecule has 30 heavy (non-hydrogen) atoms. The quantitative estimate of drug-likeness (QED) is 0.555. The van der Waals surface area contributed by atoms with Gasteiger partial charge in [0, 0.05) is 23.5 Å². The Morgan fingerprint density at radius 2 is 1.87 bits per heavy atom. The number of hydrogen-bond donors (Lipinski definition) is 1. The molecule has 7 heteroatoms. The minimum atomic E-state index is -0.286. The zero-order valence-corrected chi connectivity index (χ0v) is 16.2. The van der Waals surface area contributed by atoms with Crippen molar-refractivity contribution in [3.63, 3.8) is 0 Å². The normalized spacial score (nSPS) is 19.2. The minimum absolute atomic E-state index is 0.238. The lowest BCUT2D eigenvalue weighted by Crippen LogP contribution is -2.32. The van der Waals surface area contributed by atoms with Crippen LogP contribution in [0.5, 0.6) is 5.75 Å². The van der Waals surface area contributed by atoms with Crippen molar-refractivity contribution in [1.82, 2.24) is 25.2 Å². The van der Waals surface area contributed by atoms with Gasteiger partial charge in [0.2, 0.25) is 5.95 Å². The van der Waals surface area contributed by atoms with Gasteiger partial charge in [0.25, 0.3) is 0 Å². The molecule has 0 saturated heterocycles. The summed E-state index contributed by atoms with van der Waals surface area (Å²) in [5.41, 5.74) is 6.34. The number of tetrazole rings is 1. The number of fused-ring (bicyclic) bond motifs is 3. The van der Waals surface area contributed by atoms with Gasteiger partial charge >= 0.3 is 0 Å². The lowest BCUT2D eigenvalue weighted by atomic mass is 9.84. The van der Waals surface area contributed by atoms with E-state index in [1.807, 2.05) is 42.6 Å².